The quantitative estimate of drug-likeness (QED) is 0.888. The van der Waals surface area contributed by atoms with Crippen molar-refractivity contribution in [2.45, 2.75) is 38.6 Å². The third-order valence-corrected chi connectivity index (χ3v) is 4.90. The molecule has 1 aliphatic heterocycles. The van der Waals surface area contributed by atoms with Crippen LogP contribution in [0.2, 0.25) is 0 Å². The summed E-state index contributed by atoms with van der Waals surface area (Å²) in [5, 5.41) is 0. The highest BCUT2D eigenvalue weighted by Crippen LogP contribution is 2.38. The first-order valence-corrected chi connectivity index (χ1v) is 7.44. The molecule has 2 aliphatic rings. The third kappa shape index (κ3) is 2.36. The van der Waals surface area contributed by atoms with E-state index in [1.807, 2.05) is 6.07 Å². The van der Waals surface area contributed by atoms with Crippen LogP contribution in [-0.4, -0.2) is 19.1 Å². The van der Waals surface area contributed by atoms with E-state index < -0.39 is 0 Å². The maximum atomic E-state index is 13.5. The zero-order chi connectivity index (χ0) is 13.4. The molecule has 0 aromatic heterocycles. The molecule has 19 heavy (non-hydrogen) atoms. The van der Waals surface area contributed by atoms with Crippen molar-refractivity contribution in [3.8, 4) is 0 Å². The number of hydrogen-bond donors (Lipinski definition) is 1. The minimum atomic E-state index is -0.126. The summed E-state index contributed by atoms with van der Waals surface area (Å²) in [6.07, 6.45) is 4.72. The van der Waals surface area contributed by atoms with E-state index in [0.29, 0.717) is 12.0 Å². The van der Waals surface area contributed by atoms with Crippen molar-refractivity contribution in [1.29, 1.82) is 0 Å². The van der Waals surface area contributed by atoms with Gasteiger partial charge in [-0.3, -0.25) is 0 Å². The first kappa shape index (κ1) is 12.9. The smallest absolute Gasteiger partial charge is 0.125 e. The first-order chi connectivity index (χ1) is 9.19. The van der Waals surface area contributed by atoms with Gasteiger partial charge in [0, 0.05) is 18.3 Å². The fourth-order valence-electron chi connectivity index (χ4n) is 3.79. The number of anilines is 1. The van der Waals surface area contributed by atoms with E-state index >= 15 is 0 Å². The molecule has 0 amide bonds. The van der Waals surface area contributed by atoms with Gasteiger partial charge >= 0.3 is 0 Å². The highest BCUT2D eigenvalue weighted by atomic mass is 19.1. The van der Waals surface area contributed by atoms with Crippen LogP contribution in [0.4, 0.5) is 10.1 Å². The summed E-state index contributed by atoms with van der Waals surface area (Å²) in [6, 6.07) is 5.72. The Kier molecular flexibility index (Phi) is 3.48. The minimum absolute atomic E-state index is 0.126. The molecule has 0 bridgehead atoms. The maximum Gasteiger partial charge on any atom is 0.125 e. The summed E-state index contributed by atoms with van der Waals surface area (Å²) >= 11 is 0. The lowest BCUT2D eigenvalue weighted by molar-refractivity contribution is 0.246. The fourth-order valence-corrected chi connectivity index (χ4v) is 3.79. The molecular formula is C16H23FN2. The fraction of sp³-hybridized carbons (Fsp3) is 0.625. The molecule has 3 rings (SSSR count). The first-order valence-electron chi connectivity index (χ1n) is 7.44. The second-order valence-corrected chi connectivity index (χ2v) is 6.20. The van der Waals surface area contributed by atoms with Gasteiger partial charge in [-0.1, -0.05) is 19.4 Å². The van der Waals surface area contributed by atoms with Crippen molar-refractivity contribution in [2.24, 2.45) is 17.6 Å². The molecule has 1 aliphatic carbocycles. The van der Waals surface area contributed by atoms with Gasteiger partial charge in [0.15, 0.2) is 0 Å². The van der Waals surface area contributed by atoms with E-state index in [0.717, 1.165) is 31.1 Å². The lowest BCUT2D eigenvalue weighted by Crippen LogP contribution is -2.46. The Hall–Kier alpha value is -1.09. The molecule has 3 atom stereocenters. The average molecular weight is 262 g/mol. The van der Waals surface area contributed by atoms with Crippen LogP contribution in [0.3, 0.4) is 0 Å². The topological polar surface area (TPSA) is 29.3 Å². The van der Waals surface area contributed by atoms with Crippen molar-refractivity contribution < 1.29 is 4.39 Å². The Balaban J connectivity index is 1.88. The molecule has 0 saturated heterocycles. The summed E-state index contributed by atoms with van der Waals surface area (Å²) in [7, 11) is 0. The number of nitrogens with two attached hydrogens (primary N) is 1. The van der Waals surface area contributed by atoms with E-state index in [4.69, 9.17) is 5.73 Å². The third-order valence-electron chi connectivity index (χ3n) is 4.90. The lowest BCUT2D eigenvalue weighted by atomic mass is 9.78. The van der Waals surface area contributed by atoms with Crippen LogP contribution < -0.4 is 10.6 Å². The van der Waals surface area contributed by atoms with E-state index in [9.17, 15) is 4.39 Å². The highest BCUT2D eigenvalue weighted by Gasteiger charge is 2.35. The van der Waals surface area contributed by atoms with Gasteiger partial charge in [0.1, 0.15) is 5.82 Å². The van der Waals surface area contributed by atoms with E-state index in [-0.39, 0.29) is 5.82 Å². The standard InChI is InChI=1S/C16H23FN2/c1-11-2-3-13(10-18)15(8-11)19-7-6-12-4-5-14(17)9-16(12)19/h4-5,9,11,13,15H,2-3,6-8,10,18H2,1H3. The molecule has 1 fully saturated rings. The van der Waals surface area contributed by atoms with Crippen LogP contribution in [0.15, 0.2) is 18.2 Å². The van der Waals surface area contributed by atoms with Crippen molar-refractivity contribution >= 4 is 5.69 Å². The van der Waals surface area contributed by atoms with Crippen molar-refractivity contribution in [3.05, 3.63) is 29.6 Å². The van der Waals surface area contributed by atoms with Crippen LogP contribution >= 0.6 is 0 Å². The predicted octanol–water partition coefficient (Wildman–Crippen LogP) is 2.95. The normalized spacial score (nSPS) is 30.5. The van der Waals surface area contributed by atoms with Gasteiger partial charge in [-0.2, -0.15) is 0 Å². The lowest BCUT2D eigenvalue weighted by Gasteiger charge is -2.41. The Morgan fingerprint density at radius 3 is 3.00 bits per heavy atom. The summed E-state index contributed by atoms with van der Waals surface area (Å²) in [5.74, 6) is 1.19. The van der Waals surface area contributed by atoms with E-state index in [1.165, 1.54) is 24.8 Å². The Labute approximate surface area is 114 Å². The van der Waals surface area contributed by atoms with Gasteiger partial charge in [-0.15, -0.1) is 0 Å². The largest absolute Gasteiger partial charge is 0.368 e. The molecular weight excluding hydrogens is 239 g/mol. The van der Waals surface area contributed by atoms with Crippen LogP contribution in [0.1, 0.15) is 31.7 Å². The number of halogens is 1. The molecule has 1 aromatic carbocycles. The van der Waals surface area contributed by atoms with Crippen molar-refractivity contribution in [3.63, 3.8) is 0 Å². The highest BCUT2D eigenvalue weighted by molar-refractivity contribution is 5.59. The monoisotopic (exact) mass is 262 g/mol. The van der Waals surface area contributed by atoms with Crippen LogP contribution in [0.5, 0.6) is 0 Å². The molecule has 0 spiro atoms. The van der Waals surface area contributed by atoms with Gasteiger partial charge < -0.3 is 10.6 Å². The summed E-state index contributed by atoms with van der Waals surface area (Å²) < 4.78 is 13.5. The van der Waals surface area contributed by atoms with Crippen LogP contribution in [0.25, 0.3) is 0 Å². The average Bonchev–Trinajstić information content (AvgIpc) is 2.81. The van der Waals surface area contributed by atoms with Crippen LogP contribution in [-0.2, 0) is 6.42 Å². The number of rotatable bonds is 2. The molecule has 1 heterocycles. The summed E-state index contributed by atoms with van der Waals surface area (Å²) in [6.45, 7) is 4.09. The number of hydrogen-bond acceptors (Lipinski definition) is 2. The molecule has 0 radical (unpaired) electrons. The van der Waals surface area contributed by atoms with E-state index in [1.54, 1.807) is 12.1 Å². The molecule has 3 unspecified atom stereocenters. The molecule has 104 valence electrons. The SMILES string of the molecule is CC1CCC(CN)C(N2CCc3ccc(F)cc32)C1. The van der Waals surface area contributed by atoms with Gasteiger partial charge in [-0.05, 0) is 55.3 Å². The van der Waals surface area contributed by atoms with Gasteiger partial charge in [-0.25, -0.2) is 4.39 Å². The van der Waals surface area contributed by atoms with Gasteiger partial charge in [0.2, 0.25) is 0 Å². The molecule has 2 nitrogen and oxygen atoms in total. The molecule has 3 heteroatoms. The molecule has 1 aromatic rings. The molecule has 2 N–H and O–H groups in total. The van der Waals surface area contributed by atoms with Crippen molar-refractivity contribution in [2.75, 3.05) is 18.0 Å². The maximum absolute atomic E-state index is 13.5. The Morgan fingerprint density at radius 1 is 1.37 bits per heavy atom. The summed E-state index contributed by atoms with van der Waals surface area (Å²) in [5.41, 5.74) is 8.35. The van der Waals surface area contributed by atoms with E-state index in [2.05, 4.69) is 11.8 Å². The minimum Gasteiger partial charge on any atom is -0.368 e. The van der Waals surface area contributed by atoms with Crippen molar-refractivity contribution in [1.82, 2.24) is 0 Å². The van der Waals surface area contributed by atoms with Gasteiger partial charge in [0.05, 0.1) is 0 Å². The van der Waals surface area contributed by atoms with Gasteiger partial charge in [0.25, 0.3) is 0 Å². The summed E-state index contributed by atoms with van der Waals surface area (Å²) in [4.78, 5) is 2.42. The second-order valence-electron chi connectivity index (χ2n) is 6.20. The second kappa shape index (κ2) is 5.12. The Morgan fingerprint density at radius 2 is 2.21 bits per heavy atom. The number of nitrogens with zero attached hydrogens (tertiary/aromatic N) is 1. The Bertz CT molecular complexity index is 460. The van der Waals surface area contributed by atoms with Crippen LogP contribution in [0, 0.1) is 17.7 Å². The number of benzene rings is 1. The number of fused-ring (bicyclic) bond motifs is 1. The zero-order valence-electron chi connectivity index (χ0n) is 11.6. The zero-order valence-corrected chi connectivity index (χ0v) is 11.6. The predicted molar refractivity (Wildman–Crippen MR) is 76.8 cm³/mol. The molecule has 1 saturated carbocycles.